The molecule has 0 saturated heterocycles. The maximum atomic E-state index is 12.2. The van der Waals surface area contributed by atoms with E-state index in [2.05, 4.69) is 9.71 Å². The third-order valence-electron chi connectivity index (χ3n) is 3.39. The molecule has 1 aromatic heterocycles. The number of rotatable bonds is 5. The molecule has 0 unspecified atom stereocenters. The molecule has 0 atom stereocenters. The van der Waals surface area contributed by atoms with Crippen LogP contribution in [0.3, 0.4) is 0 Å². The van der Waals surface area contributed by atoms with Crippen LogP contribution in [0.2, 0.25) is 0 Å². The lowest BCUT2D eigenvalue weighted by atomic mass is 10.2. The summed E-state index contributed by atoms with van der Waals surface area (Å²) in [4.78, 5) is 4.48. The van der Waals surface area contributed by atoms with Crippen LogP contribution in [0, 0.1) is 0 Å². The summed E-state index contributed by atoms with van der Waals surface area (Å²) in [6.07, 6.45) is 0.872. The number of aromatic nitrogens is 1. The van der Waals surface area contributed by atoms with Crippen LogP contribution < -0.4 is 4.72 Å². The Morgan fingerprint density at radius 2 is 1.82 bits per heavy atom. The van der Waals surface area contributed by atoms with Gasteiger partial charge in [-0.2, -0.15) is 0 Å². The maximum absolute atomic E-state index is 12.2. The lowest BCUT2D eigenvalue weighted by Gasteiger charge is -2.05. The van der Waals surface area contributed by atoms with Crippen LogP contribution in [0.5, 0.6) is 0 Å². The van der Waals surface area contributed by atoms with Crippen LogP contribution in [0.15, 0.2) is 57.8 Å². The van der Waals surface area contributed by atoms with Crippen molar-refractivity contribution in [2.24, 2.45) is 0 Å². The molecule has 0 amide bonds. The zero-order valence-electron chi connectivity index (χ0n) is 12.1. The highest BCUT2D eigenvalue weighted by atomic mass is 32.2. The number of sulfonamides is 1. The summed E-state index contributed by atoms with van der Waals surface area (Å²) in [6.45, 7) is 2.04. The zero-order chi connectivity index (χ0) is 15.6. The summed E-state index contributed by atoms with van der Waals surface area (Å²) in [6, 6.07) is 14.2. The van der Waals surface area contributed by atoms with Crippen molar-refractivity contribution in [3.8, 4) is 0 Å². The molecule has 2 aromatic carbocycles. The summed E-state index contributed by atoms with van der Waals surface area (Å²) in [5.74, 6) is 0.343. The van der Waals surface area contributed by atoms with Crippen LogP contribution >= 0.6 is 0 Å². The summed E-state index contributed by atoms with van der Waals surface area (Å²) in [5, 5.41) is 0. The van der Waals surface area contributed by atoms with Crippen molar-refractivity contribution in [1.82, 2.24) is 9.71 Å². The summed E-state index contributed by atoms with van der Waals surface area (Å²) >= 11 is 0. The van der Waals surface area contributed by atoms with Crippen molar-refractivity contribution in [2.75, 3.05) is 0 Å². The van der Waals surface area contributed by atoms with Gasteiger partial charge in [0.2, 0.25) is 15.9 Å². The van der Waals surface area contributed by atoms with E-state index < -0.39 is 10.0 Å². The molecule has 22 heavy (non-hydrogen) atoms. The second kappa shape index (κ2) is 5.90. The van der Waals surface area contributed by atoms with E-state index in [9.17, 15) is 8.42 Å². The quantitative estimate of drug-likeness (QED) is 0.785. The third kappa shape index (κ3) is 3.03. The Labute approximate surface area is 129 Å². The number of fused-ring (bicyclic) bond motifs is 1. The Morgan fingerprint density at radius 1 is 1.09 bits per heavy atom. The second-order valence-electron chi connectivity index (χ2n) is 4.90. The van der Waals surface area contributed by atoms with E-state index in [1.807, 2.05) is 37.3 Å². The molecule has 1 N–H and O–H groups in total. The summed E-state index contributed by atoms with van der Waals surface area (Å²) in [7, 11) is -3.57. The maximum Gasteiger partial charge on any atom is 0.241 e. The third-order valence-corrected chi connectivity index (χ3v) is 4.81. The molecular formula is C16H16N2O3S. The van der Waals surface area contributed by atoms with Gasteiger partial charge in [-0.05, 0) is 36.2 Å². The number of nitrogens with one attached hydrogen (secondary N) is 1. The number of aryl methyl sites for hydroxylation is 1. The molecule has 0 fully saturated rings. The fourth-order valence-electron chi connectivity index (χ4n) is 2.14. The number of hydrogen-bond donors (Lipinski definition) is 1. The minimum Gasteiger partial charge on any atom is -0.439 e. The van der Waals surface area contributed by atoms with Crippen molar-refractivity contribution in [2.45, 2.75) is 24.8 Å². The van der Waals surface area contributed by atoms with Crippen molar-refractivity contribution >= 4 is 21.1 Å². The number of hydrogen-bond acceptors (Lipinski definition) is 4. The van der Waals surface area contributed by atoms with E-state index in [4.69, 9.17) is 4.42 Å². The number of benzene rings is 2. The normalized spacial score (nSPS) is 11.9. The van der Waals surface area contributed by atoms with Gasteiger partial charge in [0.1, 0.15) is 5.52 Å². The van der Waals surface area contributed by atoms with Crippen LogP contribution in [0.4, 0.5) is 0 Å². The summed E-state index contributed by atoms with van der Waals surface area (Å²) in [5.41, 5.74) is 2.45. The van der Waals surface area contributed by atoms with Gasteiger partial charge in [0.25, 0.3) is 0 Å². The monoisotopic (exact) mass is 316 g/mol. The Hall–Kier alpha value is -2.18. The molecule has 0 aliphatic heterocycles. The van der Waals surface area contributed by atoms with E-state index >= 15 is 0 Å². The molecule has 0 saturated carbocycles. The van der Waals surface area contributed by atoms with Crippen LogP contribution in [-0.2, 0) is 23.0 Å². The first kappa shape index (κ1) is 14.7. The Bertz CT molecular complexity index is 850. The van der Waals surface area contributed by atoms with Crippen molar-refractivity contribution in [3.63, 3.8) is 0 Å². The van der Waals surface area contributed by atoms with Gasteiger partial charge in [0, 0.05) is 0 Å². The second-order valence-corrected chi connectivity index (χ2v) is 6.66. The molecule has 0 bridgehead atoms. The molecule has 114 valence electrons. The predicted molar refractivity (Wildman–Crippen MR) is 83.9 cm³/mol. The molecule has 0 aliphatic rings. The number of para-hydroxylation sites is 2. The first-order valence-electron chi connectivity index (χ1n) is 7.01. The number of oxazole rings is 1. The van der Waals surface area contributed by atoms with Gasteiger partial charge >= 0.3 is 0 Å². The largest absolute Gasteiger partial charge is 0.439 e. The molecule has 6 heteroatoms. The Kier molecular flexibility index (Phi) is 3.96. The molecule has 5 nitrogen and oxygen atoms in total. The highest BCUT2D eigenvalue weighted by Crippen LogP contribution is 2.16. The molecule has 0 spiro atoms. The molecule has 0 aliphatic carbocycles. The van der Waals surface area contributed by atoms with Gasteiger partial charge in [-0.15, -0.1) is 0 Å². The highest BCUT2D eigenvalue weighted by molar-refractivity contribution is 7.89. The first-order chi connectivity index (χ1) is 10.6. The van der Waals surface area contributed by atoms with Crippen LogP contribution in [-0.4, -0.2) is 13.4 Å². The average molecular weight is 316 g/mol. The van der Waals surface area contributed by atoms with E-state index in [1.54, 1.807) is 18.2 Å². The van der Waals surface area contributed by atoms with Gasteiger partial charge in [0.05, 0.1) is 11.4 Å². The van der Waals surface area contributed by atoms with Gasteiger partial charge < -0.3 is 4.42 Å². The fourth-order valence-corrected chi connectivity index (χ4v) is 3.11. The highest BCUT2D eigenvalue weighted by Gasteiger charge is 2.15. The average Bonchev–Trinajstić information content (AvgIpc) is 2.96. The minimum absolute atomic E-state index is 0.0204. The van der Waals surface area contributed by atoms with Crippen LogP contribution in [0.25, 0.3) is 11.1 Å². The van der Waals surface area contributed by atoms with Crippen molar-refractivity contribution < 1.29 is 12.8 Å². The summed E-state index contributed by atoms with van der Waals surface area (Å²) < 4.78 is 32.5. The molecule has 3 rings (SSSR count). The van der Waals surface area contributed by atoms with E-state index in [-0.39, 0.29) is 11.4 Å². The van der Waals surface area contributed by atoms with Gasteiger partial charge in [-0.25, -0.2) is 18.1 Å². The smallest absolute Gasteiger partial charge is 0.241 e. The SMILES string of the molecule is CCc1ccc(S(=O)(=O)NCc2nc3ccccc3o2)cc1. The molecular weight excluding hydrogens is 300 g/mol. The fraction of sp³-hybridized carbons (Fsp3) is 0.188. The number of nitrogens with zero attached hydrogens (tertiary/aromatic N) is 1. The van der Waals surface area contributed by atoms with E-state index in [0.29, 0.717) is 17.0 Å². The topological polar surface area (TPSA) is 72.2 Å². The van der Waals surface area contributed by atoms with Crippen molar-refractivity contribution in [1.29, 1.82) is 0 Å². The van der Waals surface area contributed by atoms with Crippen molar-refractivity contribution in [3.05, 3.63) is 60.0 Å². The minimum atomic E-state index is -3.57. The van der Waals surface area contributed by atoms with Gasteiger partial charge in [0.15, 0.2) is 5.58 Å². The van der Waals surface area contributed by atoms with Gasteiger partial charge in [-0.1, -0.05) is 31.2 Å². The van der Waals surface area contributed by atoms with E-state index in [0.717, 1.165) is 12.0 Å². The predicted octanol–water partition coefficient (Wildman–Crippen LogP) is 2.87. The van der Waals surface area contributed by atoms with E-state index in [1.165, 1.54) is 0 Å². The van der Waals surface area contributed by atoms with Gasteiger partial charge in [-0.3, -0.25) is 0 Å². The first-order valence-corrected chi connectivity index (χ1v) is 8.50. The van der Waals surface area contributed by atoms with Crippen LogP contribution in [0.1, 0.15) is 18.4 Å². The standard InChI is InChI=1S/C16H16N2O3S/c1-2-12-7-9-13(10-8-12)22(19,20)17-11-16-18-14-5-3-4-6-15(14)21-16/h3-10,17H,2,11H2,1H3. The Balaban J connectivity index is 1.76. The zero-order valence-corrected chi connectivity index (χ0v) is 12.9. The molecule has 1 heterocycles. The molecule has 0 radical (unpaired) electrons. The lowest BCUT2D eigenvalue weighted by Crippen LogP contribution is -2.23. The molecule has 3 aromatic rings. The Morgan fingerprint density at radius 3 is 2.50 bits per heavy atom. The lowest BCUT2D eigenvalue weighted by molar-refractivity contribution is 0.513.